The fourth-order valence-electron chi connectivity index (χ4n) is 2.81. The summed E-state index contributed by atoms with van der Waals surface area (Å²) in [5.41, 5.74) is 6.62. The number of para-hydroxylation sites is 1. The van der Waals surface area contributed by atoms with Crippen LogP contribution in [-0.2, 0) is 24.2 Å². The average Bonchev–Trinajstić information content (AvgIpc) is 2.68. The van der Waals surface area contributed by atoms with E-state index in [1.807, 2.05) is 0 Å². The van der Waals surface area contributed by atoms with E-state index >= 15 is 0 Å². The maximum Gasteiger partial charge on any atom is 0.475 e. The smallest absolute Gasteiger partial charge is 0.475 e. The van der Waals surface area contributed by atoms with Crippen LogP contribution in [0.25, 0.3) is 0 Å². The molecule has 0 heterocycles. The van der Waals surface area contributed by atoms with Gasteiger partial charge in [0.25, 0.3) is 0 Å². The number of nitrogens with two attached hydrogens (primary N) is 1. The minimum absolute atomic E-state index is 0.0230. The van der Waals surface area contributed by atoms with E-state index in [4.69, 9.17) is 16.2 Å². The molecule has 1 atom stereocenters. The Morgan fingerprint density at radius 1 is 1.10 bits per heavy atom. The molecule has 0 fully saturated rings. The maximum absolute atomic E-state index is 12.3. The fraction of sp³-hybridized carbons (Fsp3) is 0.211. The van der Waals surface area contributed by atoms with E-state index < -0.39 is 30.7 Å². The van der Waals surface area contributed by atoms with Crippen molar-refractivity contribution in [1.29, 1.82) is 5.41 Å². The molecule has 0 aliphatic rings. The van der Waals surface area contributed by atoms with Gasteiger partial charge in [0, 0.05) is 6.54 Å². The van der Waals surface area contributed by atoms with Gasteiger partial charge >= 0.3 is 13.1 Å². The van der Waals surface area contributed by atoms with Gasteiger partial charge in [-0.3, -0.25) is 10.2 Å². The predicted molar refractivity (Wildman–Crippen MR) is 110 cm³/mol. The van der Waals surface area contributed by atoms with E-state index in [9.17, 15) is 24.7 Å². The highest BCUT2D eigenvalue weighted by Crippen LogP contribution is 2.24. The van der Waals surface area contributed by atoms with E-state index in [0.717, 1.165) is 5.56 Å². The van der Waals surface area contributed by atoms with Crippen LogP contribution in [-0.4, -0.2) is 51.2 Å². The number of carbonyl (C=O) groups is 2. The van der Waals surface area contributed by atoms with Crippen LogP contribution >= 0.6 is 0 Å². The summed E-state index contributed by atoms with van der Waals surface area (Å²) in [6.45, 7) is 0.374. The normalized spacial score (nSPS) is 11.4. The quantitative estimate of drug-likeness (QED) is 0.151. The van der Waals surface area contributed by atoms with Gasteiger partial charge in [-0.25, -0.2) is 4.79 Å². The highest BCUT2D eigenvalue weighted by atomic mass is 16.4. The van der Waals surface area contributed by atoms with Gasteiger partial charge in [0.15, 0.2) is 5.96 Å². The molecule has 0 saturated heterocycles. The third-order valence-electron chi connectivity index (χ3n) is 4.37. The van der Waals surface area contributed by atoms with E-state index in [2.05, 4.69) is 10.6 Å². The zero-order valence-electron chi connectivity index (χ0n) is 16.0. The van der Waals surface area contributed by atoms with Crippen LogP contribution in [0, 0.1) is 5.41 Å². The van der Waals surface area contributed by atoms with Crippen molar-refractivity contribution in [3.8, 4) is 5.75 Å². The zero-order chi connectivity index (χ0) is 22.3. The highest BCUT2D eigenvalue weighted by molar-refractivity contribution is 6.43. The molecule has 0 bridgehead atoms. The molecule has 2 aromatic rings. The molecule has 0 aliphatic heterocycles. The van der Waals surface area contributed by atoms with Gasteiger partial charge in [-0.05, 0) is 29.2 Å². The minimum Gasteiger partial charge on any atom is -0.507 e. The molecule has 10 nitrogen and oxygen atoms in total. The van der Waals surface area contributed by atoms with E-state index in [-0.39, 0.29) is 29.9 Å². The van der Waals surface area contributed by atoms with Crippen LogP contribution in [0.5, 0.6) is 5.75 Å². The van der Waals surface area contributed by atoms with Gasteiger partial charge < -0.3 is 36.6 Å². The summed E-state index contributed by atoms with van der Waals surface area (Å²) in [6.07, 6.45) is -0.198. The molecule has 158 valence electrons. The van der Waals surface area contributed by atoms with Crippen molar-refractivity contribution < 1.29 is 29.9 Å². The summed E-state index contributed by atoms with van der Waals surface area (Å²) in [6, 6.07) is 11.1. The molecule has 9 N–H and O–H groups in total. The Kier molecular flexibility index (Phi) is 7.79. The lowest BCUT2D eigenvalue weighted by atomic mass is 9.75. The molecule has 2 rings (SSSR count). The number of hydrogen-bond donors (Lipinski definition) is 8. The van der Waals surface area contributed by atoms with Crippen LogP contribution in [0.3, 0.4) is 0 Å². The monoisotopic (exact) mass is 414 g/mol. The summed E-state index contributed by atoms with van der Waals surface area (Å²) < 4.78 is 0. The molecule has 0 saturated carbocycles. The third-order valence-corrected chi connectivity index (χ3v) is 4.37. The Labute approximate surface area is 173 Å². The lowest BCUT2D eigenvalue weighted by molar-refractivity contribution is -0.120. The number of phenols is 1. The lowest BCUT2D eigenvalue weighted by Crippen LogP contribution is -2.48. The highest BCUT2D eigenvalue weighted by Gasteiger charge is 2.27. The Balaban J connectivity index is 2.01. The van der Waals surface area contributed by atoms with Crippen molar-refractivity contribution in [3.63, 3.8) is 0 Å². The van der Waals surface area contributed by atoms with E-state index in [1.54, 1.807) is 24.3 Å². The first kappa shape index (κ1) is 22.7. The summed E-state index contributed by atoms with van der Waals surface area (Å²) in [4.78, 5) is 23.5. The van der Waals surface area contributed by atoms with Crippen molar-refractivity contribution in [1.82, 2.24) is 10.6 Å². The standard InChI is InChI=1S/C19H23BN4O6/c21-19(22)23-10-12-6-4-11(5-7-12)8-16(25)24-15(20(29)30)9-13-2-1-3-14(17(13)26)18(27)28/h1-7,15,26,29-30H,8-10H2,(H,24,25)(H,27,28)(H4,21,22,23)/t15-/m0/s1. The van der Waals surface area contributed by atoms with Gasteiger partial charge in [-0.2, -0.15) is 0 Å². The molecule has 0 aliphatic carbocycles. The van der Waals surface area contributed by atoms with Crippen molar-refractivity contribution in [2.24, 2.45) is 5.73 Å². The number of rotatable bonds is 9. The molecule has 2 aromatic carbocycles. The number of carbonyl (C=O) groups excluding carboxylic acids is 1. The number of carboxylic acid groups (broad SMARTS) is 1. The number of aromatic hydroxyl groups is 1. The first-order chi connectivity index (χ1) is 14.2. The summed E-state index contributed by atoms with van der Waals surface area (Å²) in [5.74, 6) is -3.57. The van der Waals surface area contributed by atoms with Crippen molar-refractivity contribution in [3.05, 3.63) is 64.7 Å². The number of guanidine groups is 1. The number of carboxylic acids is 1. The largest absolute Gasteiger partial charge is 0.507 e. The summed E-state index contributed by atoms with van der Waals surface area (Å²) >= 11 is 0. The number of benzene rings is 2. The lowest BCUT2D eigenvalue weighted by Gasteiger charge is -2.19. The zero-order valence-corrected chi connectivity index (χ0v) is 16.0. The van der Waals surface area contributed by atoms with Crippen molar-refractivity contribution in [2.45, 2.75) is 25.3 Å². The van der Waals surface area contributed by atoms with Crippen LogP contribution in [0.1, 0.15) is 27.0 Å². The van der Waals surface area contributed by atoms with Crippen LogP contribution in [0.15, 0.2) is 42.5 Å². The molecule has 0 spiro atoms. The van der Waals surface area contributed by atoms with Gasteiger partial charge in [0.05, 0.1) is 12.4 Å². The second kappa shape index (κ2) is 10.3. The predicted octanol–water partition coefficient (Wildman–Crippen LogP) is -0.645. The molecule has 0 unspecified atom stereocenters. The summed E-state index contributed by atoms with van der Waals surface area (Å²) in [7, 11) is -1.91. The van der Waals surface area contributed by atoms with Gasteiger partial charge in [-0.1, -0.05) is 36.4 Å². The van der Waals surface area contributed by atoms with Crippen molar-refractivity contribution in [2.75, 3.05) is 0 Å². The number of amides is 1. The molecule has 0 aromatic heterocycles. The van der Waals surface area contributed by atoms with Gasteiger partial charge in [0.1, 0.15) is 11.3 Å². The topological polar surface area (TPSA) is 189 Å². The number of hydrogen-bond acceptors (Lipinski definition) is 6. The Morgan fingerprint density at radius 2 is 1.73 bits per heavy atom. The van der Waals surface area contributed by atoms with Crippen molar-refractivity contribution >= 4 is 25.0 Å². The minimum atomic E-state index is -1.91. The Morgan fingerprint density at radius 3 is 2.30 bits per heavy atom. The van der Waals surface area contributed by atoms with Crippen LogP contribution < -0.4 is 16.4 Å². The van der Waals surface area contributed by atoms with E-state index in [0.29, 0.717) is 12.1 Å². The molecule has 1 amide bonds. The van der Waals surface area contributed by atoms with Crippen LogP contribution in [0.2, 0.25) is 0 Å². The number of aromatic carboxylic acids is 1. The second-order valence-electron chi connectivity index (χ2n) is 6.67. The van der Waals surface area contributed by atoms with Gasteiger partial charge in [0.2, 0.25) is 5.91 Å². The molecule has 0 radical (unpaired) electrons. The summed E-state index contributed by atoms with van der Waals surface area (Å²) in [5, 5.41) is 50.7. The number of nitrogens with one attached hydrogen (secondary N) is 3. The average molecular weight is 414 g/mol. The van der Waals surface area contributed by atoms with Gasteiger partial charge in [-0.15, -0.1) is 0 Å². The third kappa shape index (κ3) is 6.50. The molecule has 30 heavy (non-hydrogen) atoms. The SMILES string of the molecule is N=C(N)NCc1ccc(CC(=O)N[C@@H](Cc2cccc(C(=O)O)c2O)B(O)O)cc1. The molecular weight excluding hydrogens is 391 g/mol. The molecule has 11 heteroatoms. The maximum atomic E-state index is 12.3. The first-order valence-corrected chi connectivity index (χ1v) is 9.02. The van der Waals surface area contributed by atoms with E-state index in [1.165, 1.54) is 18.2 Å². The second-order valence-corrected chi connectivity index (χ2v) is 6.67. The Hall–Kier alpha value is -3.57. The fourth-order valence-corrected chi connectivity index (χ4v) is 2.81. The molecular formula is C19H23BN4O6. The van der Waals surface area contributed by atoms with Crippen LogP contribution in [0.4, 0.5) is 0 Å². The first-order valence-electron chi connectivity index (χ1n) is 9.02. The Bertz CT molecular complexity index is 920.